The molecule has 4 nitrogen and oxygen atoms in total. The van der Waals surface area contributed by atoms with Crippen molar-refractivity contribution in [2.75, 3.05) is 13.1 Å². The summed E-state index contributed by atoms with van der Waals surface area (Å²) in [5.41, 5.74) is 0.327. The Kier molecular flexibility index (Phi) is 1.63. The third-order valence-electron chi connectivity index (χ3n) is 7.80. The molecule has 8 atom stereocenters. The Morgan fingerprint density at radius 1 is 1.35 bits per heavy atom. The zero-order chi connectivity index (χ0) is 13.3. The van der Waals surface area contributed by atoms with E-state index in [1.807, 2.05) is 0 Å². The average molecular weight is 275 g/mol. The lowest BCUT2D eigenvalue weighted by molar-refractivity contribution is -0.269. The summed E-state index contributed by atoms with van der Waals surface area (Å²) in [7, 11) is 0. The first-order valence-electron chi connectivity index (χ1n) is 8.30. The number of rotatable bonds is 0. The predicted molar refractivity (Wildman–Crippen MR) is 69.9 cm³/mol. The number of carbonyl (C=O) groups excluding carboxylic acids is 1. The SMILES string of the molecule is C[C@@H]1C[C@@]23[C@@H]4CCCN2C[C@H]2O[C@H]2[C@@]13[C@@H]1C[C@H]4OC1=O. The van der Waals surface area contributed by atoms with Crippen LogP contribution in [0.25, 0.3) is 0 Å². The Hall–Kier alpha value is -0.610. The van der Waals surface area contributed by atoms with Crippen molar-refractivity contribution in [1.29, 1.82) is 0 Å². The maximum atomic E-state index is 12.5. The van der Waals surface area contributed by atoms with Gasteiger partial charge in [-0.25, -0.2) is 0 Å². The van der Waals surface area contributed by atoms with Crippen LogP contribution in [0.5, 0.6) is 0 Å². The van der Waals surface area contributed by atoms with Crippen LogP contribution in [0.4, 0.5) is 0 Å². The summed E-state index contributed by atoms with van der Waals surface area (Å²) in [6.07, 6.45) is 5.67. The van der Waals surface area contributed by atoms with E-state index in [1.54, 1.807) is 0 Å². The van der Waals surface area contributed by atoms with Gasteiger partial charge < -0.3 is 9.47 Å². The second kappa shape index (κ2) is 2.95. The van der Waals surface area contributed by atoms with Gasteiger partial charge in [0, 0.05) is 23.4 Å². The summed E-state index contributed by atoms with van der Waals surface area (Å²) in [5, 5.41) is 0. The maximum Gasteiger partial charge on any atom is 0.310 e. The quantitative estimate of drug-likeness (QED) is 0.492. The number of carbonyl (C=O) groups is 1. The molecule has 4 heterocycles. The van der Waals surface area contributed by atoms with Gasteiger partial charge in [-0.15, -0.1) is 0 Å². The van der Waals surface area contributed by atoms with Crippen molar-refractivity contribution in [3.63, 3.8) is 0 Å². The number of hydrogen-bond donors (Lipinski definition) is 0. The third kappa shape index (κ3) is 0.822. The van der Waals surface area contributed by atoms with E-state index in [0.29, 0.717) is 24.0 Å². The summed E-state index contributed by atoms with van der Waals surface area (Å²) >= 11 is 0. The van der Waals surface area contributed by atoms with Crippen LogP contribution in [0.3, 0.4) is 0 Å². The van der Waals surface area contributed by atoms with Crippen molar-refractivity contribution in [3.8, 4) is 0 Å². The number of epoxide rings is 1. The molecule has 0 aromatic heterocycles. The lowest BCUT2D eigenvalue weighted by atomic mass is 9.34. The highest BCUT2D eigenvalue weighted by Crippen LogP contribution is 2.78. The second-order valence-electron chi connectivity index (χ2n) is 8.02. The molecule has 2 bridgehead atoms. The number of hydrogen-bond acceptors (Lipinski definition) is 4. The Balaban J connectivity index is 1.63. The first-order valence-corrected chi connectivity index (χ1v) is 8.30. The fourth-order valence-electron chi connectivity index (χ4n) is 7.44. The summed E-state index contributed by atoms with van der Waals surface area (Å²) in [5.74, 6) is 1.38. The average Bonchev–Trinajstić information content (AvgIpc) is 3.08. The Morgan fingerprint density at radius 2 is 2.25 bits per heavy atom. The van der Waals surface area contributed by atoms with E-state index in [1.165, 1.54) is 25.8 Å². The minimum atomic E-state index is 0.0884. The molecule has 0 N–H and O–H groups in total. The topological polar surface area (TPSA) is 42.1 Å². The van der Waals surface area contributed by atoms with Crippen LogP contribution >= 0.6 is 0 Å². The first kappa shape index (κ1) is 11.0. The molecule has 6 fully saturated rings. The number of piperidine rings is 2. The van der Waals surface area contributed by atoms with Gasteiger partial charge >= 0.3 is 5.97 Å². The van der Waals surface area contributed by atoms with Crippen LogP contribution in [0.1, 0.15) is 32.6 Å². The van der Waals surface area contributed by atoms with Gasteiger partial charge in [-0.2, -0.15) is 0 Å². The second-order valence-corrected chi connectivity index (χ2v) is 8.02. The number of esters is 1. The zero-order valence-electron chi connectivity index (χ0n) is 11.9. The number of fused-ring (bicyclic) bond motifs is 4. The molecule has 20 heavy (non-hydrogen) atoms. The lowest BCUT2D eigenvalue weighted by Gasteiger charge is -2.75. The molecule has 2 aliphatic carbocycles. The molecule has 0 radical (unpaired) electrons. The molecule has 0 aromatic rings. The highest BCUT2D eigenvalue weighted by atomic mass is 16.6. The van der Waals surface area contributed by atoms with Gasteiger partial charge in [0.1, 0.15) is 6.10 Å². The van der Waals surface area contributed by atoms with Crippen molar-refractivity contribution < 1.29 is 14.3 Å². The zero-order valence-corrected chi connectivity index (χ0v) is 11.9. The molecule has 108 valence electrons. The number of nitrogens with zero attached hydrogens (tertiary/aromatic N) is 1. The van der Waals surface area contributed by atoms with Gasteiger partial charge in [-0.1, -0.05) is 6.92 Å². The molecule has 6 aliphatic rings. The molecule has 2 saturated carbocycles. The largest absolute Gasteiger partial charge is 0.462 e. The standard InChI is InChI=1S/C16H21NO3/c1-8-6-15-9-3-2-4-17(15)7-12-13(19-12)16(8,15)10-5-11(9)20-14(10)18/h8-13H,2-7H2,1H3/t8-,9-,10-,11-,12-,13-,15+,16+/m1/s1. The van der Waals surface area contributed by atoms with Crippen molar-refractivity contribution in [2.45, 2.75) is 56.5 Å². The van der Waals surface area contributed by atoms with Crippen LogP contribution < -0.4 is 0 Å². The van der Waals surface area contributed by atoms with Gasteiger partial charge in [-0.3, -0.25) is 9.69 Å². The maximum absolute atomic E-state index is 12.5. The van der Waals surface area contributed by atoms with Crippen LogP contribution in [0.15, 0.2) is 0 Å². The van der Waals surface area contributed by atoms with Crippen molar-refractivity contribution >= 4 is 5.97 Å². The van der Waals surface area contributed by atoms with E-state index in [0.717, 1.165) is 13.0 Å². The minimum Gasteiger partial charge on any atom is -0.462 e. The fourth-order valence-corrected chi connectivity index (χ4v) is 7.44. The summed E-state index contributed by atoms with van der Waals surface area (Å²) in [6, 6.07) is 0. The lowest BCUT2D eigenvalue weighted by Crippen LogP contribution is -2.84. The summed E-state index contributed by atoms with van der Waals surface area (Å²) < 4.78 is 11.9. The van der Waals surface area contributed by atoms with Gasteiger partial charge in [0.05, 0.1) is 18.1 Å². The normalized spacial score (nSPS) is 65.5. The molecular weight excluding hydrogens is 254 g/mol. The van der Waals surface area contributed by atoms with Crippen molar-refractivity contribution in [3.05, 3.63) is 0 Å². The molecule has 6 rings (SSSR count). The molecule has 1 spiro atoms. The number of ether oxygens (including phenoxy) is 2. The Labute approximate surface area is 118 Å². The molecule has 0 unspecified atom stereocenters. The molecule has 0 amide bonds. The van der Waals surface area contributed by atoms with Crippen LogP contribution in [-0.2, 0) is 14.3 Å². The smallest absolute Gasteiger partial charge is 0.310 e. The molecule has 4 aliphatic heterocycles. The summed E-state index contributed by atoms with van der Waals surface area (Å²) in [6.45, 7) is 4.65. The first-order chi connectivity index (χ1) is 9.69. The molecular formula is C16H21NO3. The van der Waals surface area contributed by atoms with Crippen LogP contribution in [0, 0.1) is 23.2 Å². The van der Waals surface area contributed by atoms with E-state index < -0.39 is 0 Å². The highest BCUT2D eigenvalue weighted by molar-refractivity contribution is 5.78. The van der Waals surface area contributed by atoms with E-state index in [2.05, 4.69) is 11.8 Å². The molecule has 4 heteroatoms. The minimum absolute atomic E-state index is 0.0884. The van der Waals surface area contributed by atoms with Gasteiger partial charge in [0.2, 0.25) is 0 Å². The monoisotopic (exact) mass is 275 g/mol. The van der Waals surface area contributed by atoms with Gasteiger partial charge in [0.15, 0.2) is 0 Å². The molecule has 4 saturated heterocycles. The van der Waals surface area contributed by atoms with E-state index in [9.17, 15) is 4.79 Å². The van der Waals surface area contributed by atoms with Crippen LogP contribution in [-0.4, -0.2) is 47.8 Å². The van der Waals surface area contributed by atoms with Crippen molar-refractivity contribution in [1.82, 2.24) is 4.90 Å². The van der Waals surface area contributed by atoms with E-state index in [4.69, 9.17) is 9.47 Å². The van der Waals surface area contributed by atoms with Gasteiger partial charge in [0.25, 0.3) is 0 Å². The third-order valence-corrected chi connectivity index (χ3v) is 7.80. The van der Waals surface area contributed by atoms with Gasteiger partial charge in [-0.05, 0) is 38.1 Å². The summed E-state index contributed by atoms with van der Waals surface area (Å²) in [4.78, 5) is 15.2. The predicted octanol–water partition coefficient (Wildman–Crippen LogP) is 1.19. The Bertz CT molecular complexity index is 536. The van der Waals surface area contributed by atoms with E-state index in [-0.39, 0.29) is 28.9 Å². The highest BCUT2D eigenvalue weighted by Gasteiger charge is 2.86. The van der Waals surface area contributed by atoms with Crippen molar-refractivity contribution in [2.24, 2.45) is 23.2 Å². The van der Waals surface area contributed by atoms with Crippen LogP contribution in [0.2, 0.25) is 0 Å². The fraction of sp³-hybridized carbons (Fsp3) is 0.938. The molecule has 0 aromatic carbocycles. The Morgan fingerprint density at radius 3 is 3.10 bits per heavy atom. The van der Waals surface area contributed by atoms with E-state index >= 15 is 0 Å².